The Morgan fingerprint density at radius 3 is 1.86 bits per heavy atom. The second-order valence-electron chi connectivity index (χ2n) is 13.7. The first-order valence-corrected chi connectivity index (χ1v) is 17.3. The molecule has 1 aliphatic rings. The Labute approximate surface area is 298 Å². The lowest BCUT2D eigenvalue weighted by Crippen LogP contribution is -2.14. The first-order chi connectivity index (χ1) is 25.0. The van der Waals surface area contributed by atoms with Crippen molar-refractivity contribution in [2.75, 3.05) is 0 Å². The molecule has 0 radical (unpaired) electrons. The van der Waals surface area contributed by atoms with Gasteiger partial charge >= 0.3 is 0 Å². The molecule has 0 saturated heterocycles. The molecule has 1 heterocycles. The standard InChI is InChI=1S/C48H33N3/c1-48(2)42-21-11-20-40(46(42)41-27-35-14-6-7-15-36(35)28-43(41)48)38-18-8-9-19-39(38)45-29-44(50-47(51-45)33-12-4-3-5-13-33)37-17-10-16-34(26-37)32-24-22-31(30-49)23-25-32/h3-29H,1-2H3. The predicted octanol–water partition coefficient (Wildman–Crippen LogP) is 12.1. The van der Waals surface area contributed by atoms with Crippen LogP contribution < -0.4 is 0 Å². The van der Waals surface area contributed by atoms with E-state index < -0.39 is 0 Å². The van der Waals surface area contributed by atoms with Crippen LogP contribution in [-0.4, -0.2) is 9.97 Å². The van der Waals surface area contributed by atoms with E-state index in [-0.39, 0.29) is 5.41 Å². The van der Waals surface area contributed by atoms with Gasteiger partial charge in [-0.2, -0.15) is 5.26 Å². The van der Waals surface area contributed by atoms with Crippen molar-refractivity contribution < 1.29 is 0 Å². The molecule has 9 rings (SSSR count). The minimum Gasteiger partial charge on any atom is -0.228 e. The summed E-state index contributed by atoms with van der Waals surface area (Å²) in [6, 6.07) is 59.5. The third-order valence-corrected chi connectivity index (χ3v) is 10.3. The van der Waals surface area contributed by atoms with E-state index in [1.165, 1.54) is 38.6 Å². The fourth-order valence-electron chi connectivity index (χ4n) is 7.68. The minimum atomic E-state index is -0.137. The second-order valence-corrected chi connectivity index (χ2v) is 13.7. The lowest BCUT2D eigenvalue weighted by Gasteiger charge is -2.22. The number of rotatable bonds is 5. The van der Waals surface area contributed by atoms with Crippen LogP contribution in [0.15, 0.2) is 164 Å². The van der Waals surface area contributed by atoms with Crippen LogP contribution in [0.2, 0.25) is 0 Å². The second kappa shape index (κ2) is 12.1. The maximum absolute atomic E-state index is 9.31. The van der Waals surface area contributed by atoms with Crippen molar-refractivity contribution in [2.24, 2.45) is 0 Å². The summed E-state index contributed by atoms with van der Waals surface area (Å²) in [5.41, 5.74) is 15.0. The number of benzene rings is 7. The van der Waals surface area contributed by atoms with Crippen LogP contribution in [-0.2, 0) is 5.41 Å². The van der Waals surface area contributed by atoms with Crippen molar-refractivity contribution in [3.8, 4) is 73.4 Å². The van der Waals surface area contributed by atoms with Gasteiger partial charge in [0.25, 0.3) is 0 Å². The van der Waals surface area contributed by atoms with Gasteiger partial charge in [0.1, 0.15) is 0 Å². The molecule has 0 aliphatic heterocycles. The fourth-order valence-corrected chi connectivity index (χ4v) is 7.68. The van der Waals surface area contributed by atoms with Gasteiger partial charge in [-0.05, 0) is 91.7 Å². The smallest absolute Gasteiger partial charge is 0.160 e. The van der Waals surface area contributed by atoms with E-state index in [1.807, 2.05) is 42.5 Å². The average molecular weight is 652 g/mol. The SMILES string of the molecule is CC1(C)c2cc3ccccc3cc2-c2c(-c3ccccc3-c3cc(-c4cccc(-c5ccc(C#N)cc5)c4)nc(-c4ccccc4)n3)cccc21. The van der Waals surface area contributed by atoms with Gasteiger partial charge in [0.05, 0.1) is 23.0 Å². The first-order valence-electron chi connectivity index (χ1n) is 17.3. The molecule has 7 aromatic carbocycles. The van der Waals surface area contributed by atoms with E-state index in [1.54, 1.807) is 0 Å². The van der Waals surface area contributed by atoms with Crippen molar-refractivity contribution in [1.29, 1.82) is 5.26 Å². The Morgan fingerprint density at radius 2 is 1.08 bits per heavy atom. The van der Waals surface area contributed by atoms with E-state index in [0.29, 0.717) is 11.4 Å². The quantitative estimate of drug-likeness (QED) is 0.186. The summed E-state index contributed by atoms with van der Waals surface area (Å²) in [4.78, 5) is 10.4. The summed E-state index contributed by atoms with van der Waals surface area (Å²) < 4.78 is 0. The molecule has 3 heteroatoms. The summed E-state index contributed by atoms with van der Waals surface area (Å²) in [6.07, 6.45) is 0. The molecule has 1 aliphatic carbocycles. The number of hydrogen-bond acceptors (Lipinski definition) is 3. The van der Waals surface area contributed by atoms with Crippen LogP contribution in [0.3, 0.4) is 0 Å². The van der Waals surface area contributed by atoms with Gasteiger partial charge < -0.3 is 0 Å². The lowest BCUT2D eigenvalue weighted by atomic mass is 9.81. The summed E-state index contributed by atoms with van der Waals surface area (Å²) in [5, 5.41) is 11.8. The Bertz CT molecular complexity index is 2660. The first kappa shape index (κ1) is 30.4. The number of nitriles is 1. The molecule has 0 saturated carbocycles. The summed E-state index contributed by atoms with van der Waals surface area (Å²) >= 11 is 0. The topological polar surface area (TPSA) is 49.6 Å². The van der Waals surface area contributed by atoms with E-state index in [9.17, 15) is 5.26 Å². The summed E-state index contributed by atoms with van der Waals surface area (Å²) in [5.74, 6) is 0.679. The third kappa shape index (κ3) is 5.21. The van der Waals surface area contributed by atoms with E-state index >= 15 is 0 Å². The summed E-state index contributed by atoms with van der Waals surface area (Å²) in [7, 11) is 0. The Kier molecular flexibility index (Phi) is 7.19. The van der Waals surface area contributed by atoms with Crippen LogP contribution in [0.25, 0.3) is 78.1 Å². The van der Waals surface area contributed by atoms with Crippen LogP contribution in [0.5, 0.6) is 0 Å². The Morgan fingerprint density at radius 1 is 0.451 bits per heavy atom. The molecular formula is C48H33N3. The molecule has 1 aromatic heterocycles. The van der Waals surface area contributed by atoms with Gasteiger partial charge in [-0.15, -0.1) is 0 Å². The van der Waals surface area contributed by atoms with E-state index in [2.05, 4.69) is 141 Å². The molecule has 0 spiro atoms. The fraction of sp³-hybridized carbons (Fsp3) is 0.0625. The van der Waals surface area contributed by atoms with Crippen LogP contribution in [0.4, 0.5) is 0 Å². The molecule has 3 nitrogen and oxygen atoms in total. The molecule has 240 valence electrons. The van der Waals surface area contributed by atoms with E-state index in [0.717, 1.165) is 44.8 Å². The molecule has 0 bridgehead atoms. The normalized spacial score (nSPS) is 12.6. The zero-order valence-electron chi connectivity index (χ0n) is 28.4. The zero-order valence-corrected chi connectivity index (χ0v) is 28.4. The molecule has 0 unspecified atom stereocenters. The largest absolute Gasteiger partial charge is 0.228 e. The number of fused-ring (bicyclic) bond motifs is 4. The van der Waals surface area contributed by atoms with Gasteiger partial charge in [-0.1, -0.05) is 141 Å². The van der Waals surface area contributed by atoms with Gasteiger partial charge in [-0.25, -0.2) is 9.97 Å². The predicted molar refractivity (Wildman–Crippen MR) is 209 cm³/mol. The molecular weight excluding hydrogens is 619 g/mol. The van der Waals surface area contributed by atoms with Crippen molar-refractivity contribution in [2.45, 2.75) is 19.3 Å². The monoisotopic (exact) mass is 651 g/mol. The highest BCUT2D eigenvalue weighted by atomic mass is 14.9. The Balaban J connectivity index is 1.24. The van der Waals surface area contributed by atoms with E-state index in [4.69, 9.17) is 9.97 Å². The van der Waals surface area contributed by atoms with Gasteiger partial charge in [0.15, 0.2) is 5.82 Å². The maximum Gasteiger partial charge on any atom is 0.160 e. The number of nitrogens with zero attached hydrogens (tertiary/aromatic N) is 3. The Hall–Kier alpha value is -6.63. The number of aromatic nitrogens is 2. The molecule has 0 atom stereocenters. The highest BCUT2D eigenvalue weighted by Gasteiger charge is 2.37. The third-order valence-electron chi connectivity index (χ3n) is 10.3. The molecule has 0 amide bonds. The van der Waals surface area contributed by atoms with Gasteiger partial charge in [0.2, 0.25) is 0 Å². The van der Waals surface area contributed by atoms with Crippen molar-refractivity contribution in [3.63, 3.8) is 0 Å². The minimum absolute atomic E-state index is 0.137. The van der Waals surface area contributed by atoms with Crippen molar-refractivity contribution in [3.05, 3.63) is 180 Å². The number of hydrogen-bond donors (Lipinski definition) is 0. The van der Waals surface area contributed by atoms with Crippen molar-refractivity contribution in [1.82, 2.24) is 9.97 Å². The highest BCUT2D eigenvalue weighted by molar-refractivity contribution is 6.00. The average Bonchev–Trinajstić information content (AvgIpc) is 3.42. The maximum atomic E-state index is 9.31. The van der Waals surface area contributed by atoms with Crippen LogP contribution in [0.1, 0.15) is 30.5 Å². The van der Waals surface area contributed by atoms with Crippen LogP contribution >= 0.6 is 0 Å². The van der Waals surface area contributed by atoms with Gasteiger partial charge in [0, 0.05) is 22.1 Å². The summed E-state index contributed by atoms with van der Waals surface area (Å²) in [6.45, 7) is 4.69. The lowest BCUT2D eigenvalue weighted by molar-refractivity contribution is 0.661. The zero-order chi connectivity index (χ0) is 34.5. The van der Waals surface area contributed by atoms with Gasteiger partial charge in [-0.3, -0.25) is 0 Å². The molecule has 8 aromatic rings. The molecule has 0 N–H and O–H groups in total. The highest BCUT2D eigenvalue weighted by Crippen LogP contribution is 2.54. The molecule has 51 heavy (non-hydrogen) atoms. The molecule has 0 fully saturated rings. The van der Waals surface area contributed by atoms with Crippen LogP contribution in [0, 0.1) is 11.3 Å². The van der Waals surface area contributed by atoms with Crippen molar-refractivity contribution >= 4 is 10.8 Å².